The van der Waals surface area contributed by atoms with Crippen LogP contribution in [0.15, 0.2) is 29.2 Å². The third-order valence-electron chi connectivity index (χ3n) is 2.83. The summed E-state index contributed by atoms with van der Waals surface area (Å²) in [5.41, 5.74) is 0.398. The fourth-order valence-electron chi connectivity index (χ4n) is 1.89. The van der Waals surface area contributed by atoms with Crippen molar-refractivity contribution in [3.63, 3.8) is 0 Å². The van der Waals surface area contributed by atoms with Gasteiger partial charge >= 0.3 is 0 Å². The van der Waals surface area contributed by atoms with Crippen LogP contribution >= 0.6 is 0 Å². The van der Waals surface area contributed by atoms with Gasteiger partial charge in [-0.2, -0.15) is 4.31 Å². The van der Waals surface area contributed by atoms with Crippen LogP contribution in [-0.2, 0) is 10.0 Å². The maximum absolute atomic E-state index is 12.7. The summed E-state index contributed by atoms with van der Waals surface area (Å²) in [6.07, 6.45) is 0.291. The number of aliphatic hydroxyl groups is 2. The zero-order valence-electron chi connectivity index (χ0n) is 12.3. The molecular weight excluding hydrogens is 290 g/mol. The molecule has 0 radical (unpaired) electrons. The SMILES string of the molecule is CC(C)N(CCO)S(=O)(=O)c1ccccc1C#CCCO. The minimum Gasteiger partial charge on any atom is -0.395 e. The lowest BCUT2D eigenvalue weighted by Crippen LogP contribution is -2.39. The van der Waals surface area contributed by atoms with Crippen LogP contribution in [0.3, 0.4) is 0 Å². The summed E-state index contributed by atoms with van der Waals surface area (Å²) in [4.78, 5) is 0.123. The van der Waals surface area contributed by atoms with E-state index >= 15 is 0 Å². The number of hydrogen-bond donors (Lipinski definition) is 2. The fourth-order valence-corrected chi connectivity index (χ4v) is 3.67. The third-order valence-corrected chi connectivity index (χ3v) is 4.96. The maximum Gasteiger partial charge on any atom is 0.244 e. The molecule has 0 heterocycles. The number of benzene rings is 1. The fraction of sp³-hybridized carbons (Fsp3) is 0.467. The molecule has 0 saturated heterocycles. The molecular formula is C15H21NO4S. The second-order valence-electron chi connectivity index (χ2n) is 4.70. The number of aliphatic hydroxyl groups excluding tert-OH is 2. The molecule has 2 N–H and O–H groups in total. The van der Waals surface area contributed by atoms with Gasteiger partial charge in [-0.25, -0.2) is 8.42 Å². The van der Waals surface area contributed by atoms with E-state index in [1.165, 1.54) is 10.4 Å². The van der Waals surface area contributed by atoms with E-state index in [1.807, 2.05) is 0 Å². The Labute approximate surface area is 126 Å². The van der Waals surface area contributed by atoms with E-state index in [0.29, 0.717) is 12.0 Å². The van der Waals surface area contributed by atoms with Gasteiger partial charge in [0.15, 0.2) is 0 Å². The average Bonchev–Trinajstić information content (AvgIpc) is 2.45. The summed E-state index contributed by atoms with van der Waals surface area (Å²) in [5, 5.41) is 17.8. The van der Waals surface area contributed by atoms with E-state index in [9.17, 15) is 8.42 Å². The normalized spacial score (nSPS) is 11.5. The van der Waals surface area contributed by atoms with E-state index in [1.54, 1.807) is 32.0 Å². The molecule has 21 heavy (non-hydrogen) atoms. The van der Waals surface area contributed by atoms with E-state index in [4.69, 9.17) is 10.2 Å². The molecule has 0 amide bonds. The van der Waals surface area contributed by atoms with Gasteiger partial charge in [-0.3, -0.25) is 0 Å². The highest BCUT2D eigenvalue weighted by molar-refractivity contribution is 7.89. The molecule has 0 unspecified atom stereocenters. The van der Waals surface area contributed by atoms with Crippen LogP contribution < -0.4 is 0 Å². The highest BCUT2D eigenvalue weighted by Gasteiger charge is 2.28. The predicted octanol–water partition coefficient (Wildman–Crippen LogP) is 0.812. The Morgan fingerprint density at radius 2 is 1.86 bits per heavy atom. The first kappa shape index (κ1) is 17.7. The lowest BCUT2D eigenvalue weighted by Gasteiger charge is -2.25. The van der Waals surface area contributed by atoms with Crippen LogP contribution in [0.2, 0.25) is 0 Å². The first-order valence-corrected chi connectivity index (χ1v) is 8.20. The van der Waals surface area contributed by atoms with Crippen molar-refractivity contribution in [2.75, 3.05) is 19.8 Å². The summed E-state index contributed by atoms with van der Waals surface area (Å²) in [7, 11) is -3.72. The molecule has 6 heteroatoms. The van der Waals surface area contributed by atoms with Crippen molar-refractivity contribution in [1.29, 1.82) is 0 Å². The minimum absolute atomic E-state index is 0.0401. The van der Waals surface area contributed by atoms with E-state index in [-0.39, 0.29) is 30.7 Å². The Kier molecular flexibility index (Phi) is 6.85. The van der Waals surface area contributed by atoms with Gasteiger partial charge in [0.25, 0.3) is 0 Å². The Morgan fingerprint density at radius 1 is 1.19 bits per heavy atom. The predicted molar refractivity (Wildman–Crippen MR) is 81.1 cm³/mol. The van der Waals surface area contributed by atoms with Gasteiger partial charge < -0.3 is 10.2 Å². The van der Waals surface area contributed by atoms with Gasteiger partial charge in [-0.05, 0) is 26.0 Å². The lowest BCUT2D eigenvalue weighted by molar-refractivity contribution is 0.236. The average molecular weight is 311 g/mol. The van der Waals surface area contributed by atoms with Crippen LogP contribution in [0.25, 0.3) is 0 Å². The molecule has 116 valence electrons. The second kappa shape index (κ2) is 8.15. The number of sulfonamides is 1. The van der Waals surface area contributed by atoms with Crippen molar-refractivity contribution in [2.45, 2.75) is 31.2 Å². The molecule has 0 spiro atoms. The molecule has 1 rings (SSSR count). The van der Waals surface area contributed by atoms with Crippen molar-refractivity contribution >= 4 is 10.0 Å². The van der Waals surface area contributed by atoms with Crippen molar-refractivity contribution in [2.24, 2.45) is 0 Å². The van der Waals surface area contributed by atoms with Gasteiger partial charge in [-0.1, -0.05) is 24.0 Å². The number of nitrogens with zero attached hydrogens (tertiary/aromatic N) is 1. The molecule has 0 aliphatic rings. The molecule has 0 saturated carbocycles. The topological polar surface area (TPSA) is 77.8 Å². The summed E-state index contributed by atoms with van der Waals surface area (Å²) in [5.74, 6) is 5.51. The first-order valence-electron chi connectivity index (χ1n) is 6.76. The standard InChI is InChI=1S/C15H21NO4S/c1-13(2)16(10-12-18)21(19,20)15-9-4-3-7-14(15)8-5-6-11-17/h3-4,7,9,13,17-18H,6,10-12H2,1-2H3. The Bertz CT molecular complexity index is 614. The monoisotopic (exact) mass is 311 g/mol. The van der Waals surface area contributed by atoms with Crippen LogP contribution in [0.1, 0.15) is 25.8 Å². The molecule has 0 fully saturated rings. The van der Waals surface area contributed by atoms with Crippen LogP contribution in [0.5, 0.6) is 0 Å². The minimum atomic E-state index is -3.72. The first-order chi connectivity index (χ1) is 9.95. The molecule has 0 bridgehead atoms. The van der Waals surface area contributed by atoms with Gasteiger partial charge in [0.2, 0.25) is 10.0 Å². The van der Waals surface area contributed by atoms with Gasteiger partial charge in [0.05, 0.1) is 18.1 Å². The zero-order valence-corrected chi connectivity index (χ0v) is 13.1. The molecule has 5 nitrogen and oxygen atoms in total. The van der Waals surface area contributed by atoms with Crippen LogP contribution in [-0.4, -0.2) is 48.7 Å². The smallest absolute Gasteiger partial charge is 0.244 e. The molecule has 0 atom stereocenters. The van der Waals surface area contributed by atoms with Gasteiger partial charge in [0.1, 0.15) is 0 Å². The Hall–Kier alpha value is -1.39. The van der Waals surface area contributed by atoms with Crippen LogP contribution in [0.4, 0.5) is 0 Å². The third kappa shape index (κ3) is 4.55. The highest BCUT2D eigenvalue weighted by atomic mass is 32.2. The molecule has 1 aromatic carbocycles. The second-order valence-corrected chi connectivity index (χ2v) is 6.56. The van der Waals surface area contributed by atoms with Crippen LogP contribution in [0, 0.1) is 11.8 Å². The Morgan fingerprint density at radius 3 is 2.43 bits per heavy atom. The van der Waals surface area contributed by atoms with Crippen molar-refractivity contribution in [3.05, 3.63) is 29.8 Å². The van der Waals surface area contributed by atoms with Gasteiger partial charge in [-0.15, -0.1) is 0 Å². The Balaban J connectivity index is 3.28. The summed E-state index contributed by atoms with van der Waals surface area (Å²) < 4.78 is 26.7. The number of hydrogen-bond acceptors (Lipinski definition) is 4. The molecule has 0 aliphatic carbocycles. The summed E-state index contributed by atoms with van der Waals surface area (Å²) in [6.45, 7) is 3.25. The van der Waals surface area contributed by atoms with E-state index in [0.717, 1.165) is 0 Å². The molecule has 1 aromatic rings. The molecule has 0 aromatic heterocycles. The lowest BCUT2D eigenvalue weighted by atomic mass is 10.2. The zero-order chi connectivity index (χ0) is 15.9. The largest absolute Gasteiger partial charge is 0.395 e. The van der Waals surface area contributed by atoms with E-state index in [2.05, 4.69) is 11.8 Å². The highest BCUT2D eigenvalue weighted by Crippen LogP contribution is 2.21. The van der Waals surface area contributed by atoms with Gasteiger partial charge in [0, 0.05) is 24.6 Å². The van der Waals surface area contributed by atoms with Crippen molar-refractivity contribution in [3.8, 4) is 11.8 Å². The van der Waals surface area contributed by atoms with Crippen molar-refractivity contribution < 1.29 is 18.6 Å². The summed E-state index contributed by atoms with van der Waals surface area (Å²) in [6, 6.07) is 6.23. The van der Waals surface area contributed by atoms with Crippen molar-refractivity contribution in [1.82, 2.24) is 4.31 Å². The molecule has 0 aliphatic heterocycles. The van der Waals surface area contributed by atoms with E-state index < -0.39 is 10.0 Å². The number of rotatable bonds is 6. The maximum atomic E-state index is 12.7. The quantitative estimate of drug-likeness (QED) is 0.762. The summed E-state index contributed by atoms with van der Waals surface area (Å²) >= 11 is 0.